The number of carboxylic acid groups (broad SMARTS) is 1. The zero-order chi connectivity index (χ0) is 12.4. The van der Waals surface area contributed by atoms with Crippen LogP contribution in [0.3, 0.4) is 0 Å². The lowest BCUT2D eigenvalue weighted by atomic mass is 10.2. The van der Waals surface area contributed by atoms with Gasteiger partial charge >= 0.3 is 5.97 Å². The Kier molecular flexibility index (Phi) is 2.73. The molecular weight excluding hydrogens is 226 g/mol. The van der Waals surface area contributed by atoms with E-state index in [1.165, 1.54) is 6.20 Å². The Morgan fingerprint density at radius 1 is 1.53 bits per heavy atom. The molecule has 2 N–H and O–H groups in total. The fraction of sp³-hybridized carbons (Fsp3) is 0.200. The highest BCUT2D eigenvalue weighted by atomic mass is 16.5. The Hall–Kier alpha value is -2.44. The molecule has 2 heterocycles. The van der Waals surface area contributed by atoms with Crippen molar-refractivity contribution in [1.29, 1.82) is 0 Å². The molecule has 0 unspecified atom stereocenters. The number of hydrogen-bond donors (Lipinski definition) is 2. The van der Waals surface area contributed by atoms with Gasteiger partial charge in [0.05, 0.1) is 16.6 Å². The monoisotopic (exact) mass is 235 g/mol. The number of hydrogen-bond acceptors (Lipinski definition) is 5. The number of aliphatic carboxylic acids is 1. The fourth-order valence-corrected chi connectivity index (χ4v) is 1.33. The van der Waals surface area contributed by atoms with Crippen LogP contribution in [0.2, 0.25) is 0 Å². The van der Waals surface area contributed by atoms with Gasteiger partial charge in [0.1, 0.15) is 6.54 Å². The number of amides is 1. The summed E-state index contributed by atoms with van der Waals surface area (Å²) >= 11 is 0. The number of fused-ring (bicyclic) bond motifs is 1. The molecule has 2 rings (SSSR count). The summed E-state index contributed by atoms with van der Waals surface area (Å²) < 4.78 is 4.89. The average Bonchev–Trinajstić information content (AvgIpc) is 2.67. The van der Waals surface area contributed by atoms with E-state index in [1.807, 2.05) is 0 Å². The molecule has 0 saturated heterocycles. The van der Waals surface area contributed by atoms with E-state index in [0.29, 0.717) is 16.8 Å². The van der Waals surface area contributed by atoms with Gasteiger partial charge < -0.3 is 14.9 Å². The summed E-state index contributed by atoms with van der Waals surface area (Å²) in [4.78, 5) is 25.8. The molecule has 0 aliphatic rings. The van der Waals surface area contributed by atoms with Crippen molar-refractivity contribution in [3.63, 3.8) is 0 Å². The van der Waals surface area contributed by atoms with Crippen molar-refractivity contribution in [2.75, 3.05) is 6.54 Å². The van der Waals surface area contributed by atoms with Gasteiger partial charge in [-0.3, -0.25) is 9.59 Å². The summed E-state index contributed by atoms with van der Waals surface area (Å²) in [5.41, 5.74) is 1.24. The largest absolute Gasteiger partial charge is 0.480 e. The number of nitrogens with one attached hydrogen (secondary N) is 1. The summed E-state index contributed by atoms with van der Waals surface area (Å²) in [5.74, 6) is -1.60. The predicted molar refractivity (Wildman–Crippen MR) is 56.5 cm³/mol. The summed E-state index contributed by atoms with van der Waals surface area (Å²) in [5, 5.41) is 15.0. The minimum Gasteiger partial charge on any atom is -0.480 e. The summed E-state index contributed by atoms with van der Waals surface area (Å²) in [7, 11) is 0. The second-order valence-electron chi connectivity index (χ2n) is 3.42. The van der Waals surface area contributed by atoms with Gasteiger partial charge in [0, 0.05) is 6.20 Å². The van der Waals surface area contributed by atoms with Crippen molar-refractivity contribution < 1.29 is 19.2 Å². The van der Waals surface area contributed by atoms with Gasteiger partial charge in [-0.15, -0.1) is 0 Å². The van der Waals surface area contributed by atoms with Crippen molar-refractivity contribution in [1.82, 2.24) is 15.5 Å². The third-order valence-corrected chi connectivity index (χ3v) is 2.17. The third-order valence-electron chi connectivity index (χ3n) is 2.17. The summed E-state index contributed by atoms with van der Waals surface area (Å²) in [6.07, 6.45) is 1.31. The second kappa shape index (κ2) is 4.20. The van der Waals surface area contributed by atoms with Gasteiger partial charge in [-0.1, -0.05) is 5.16 Å². The van der Waals surface area contributed by atoms with Gasteiger partial charge in [0.15, 0.2) is 0 Å². The van der Waals surface area contributed by atoms with Crippen molar-refractivity contribution >= 4 is 23.0 Å². The number of carboxylic acids is 1. The van der Waals surface area contributed by atoms with Gasteiger partial charge in [0.2, 0.25) is 0 Å². The highest BCUT2D eigenvalue weighted by Crippen LogP contribution is 2.16. The standard InChI is InChI=1S/C10H9N3O4/c1-5-7-2-6(3-12-10(7)17-13-5)9(16)11-4-8(14)15/h2-3H,4H2,1H3,(H,11,16)(H,14,15). The lowest BCUT2D eigenvalue weighted by molar-refractivity contribution is -0.135. The maximum absolute atomic E-state index is 11.6. The molecule has 0 fully saturated rings. The second-order valence-corrected chi connectivity index (χ2v) is 3.42. The smallest absolute Gasteiger partial charge is 0.322 e. The van der Waals surface area contributed by atoms with Crippen LogP contribution in [-0.2, 0) is 4.79 Å². The molecule has 0 aromatic carbocycles. The van der Waals surface area contributed by atoms with E-state index in [1.54, 1.807) is 13.0 Å². The van der Waals surface area contributed by atoms with E-state index in [2.05, 4.69) is 15.5 Å². The van der Waals surface area contributed by atoms with Crippen LogP contribution in [0.4, 0.5) is 0 Å². The van der Waals surface area contributed by atoms with Crippen LogP contribution in [0.15, 0.2) is 16.8 Å². The lowest BCUT2D eigenvalue weighted by Gasteiger charge is -2.01. The Morgan fingerprint density at radius 3 is 3.00 bits per heavy atom. The minimum absolute atomic E-state index is 0.269. The van der Waals surface area contributed by atoms with E-state index in [4.69, 9.17) is 9.63 Å². The zero-order valence-electron chi connectivity index (χ0n) is 8.93. The highest BCUT2D eigenvalue weighted by Gasteiger charge is 2.11. The van der Waals surface area contributed by atoms with Crippen LogP contribution in [0, 0.1) is 6.92 Å². The lowest BCUT2D eigenvalue weighted by Crippen LogP contribution is -2.29. The van der Waals surface area contributed by atoms with Gasteiger partial charge in [-0.25, -0.2) is 4.98 Å². The van der Waals surface area contributed by atoms with Crippen LogP contribution in [0.5, 0.6) is 0 Å². The molecule has 1 amide bonds. The maximum atomic E-state index is 11.6. The first kappa shape index (κ1) is 11.1. The number of pyridine rings is 1. The first-order valence-electron chi connectivity index (χ1n) is 4.80. The molecule has 0 saturated carbocycles. The summed E-state index contributed by atoms with van der Waals surface area (Å²) in [6.45, 7) is 1.30. The van der Waals surface area contributed by atoms with Gasteiger partial charge in [0.25, 0.3) is 11.6 Å². The molecular formula is C10H9N3O4. The quantitative estimate of drug-likeness (QED) is 0.794. The SMILES string of the molecule is Cc1noc2ncc(C(=O)NCC(=O)O)cc12. The fourth-order valence-electron chi connectivity index (χ4n) is 1.33. The van der Waals surface area contributed by atoms with Gasteiger partial charge in [-0.05, 0) is 13.0 Å². The van der Waals surface area contributed by atoms with Crippen molar-refractivity contribution in [2.45, 2.75) is 6.92 Å². The van der Waals surface area contributed by atoms with E-state index in [-0.39, 0.29) is 5.56 Å². The van der Waals surface area contributed by atoms with Gasteiger partial charge in [-0.2, -0.15) is 0 Å². The molecule has 0 atom stereocenters. The van der Waals surface area contributed by atoms with E-state index in [9.17, 15) is 9.59 Å². The van der Waals surface area contributed by atoms with Crippen molar-refractivity contribution in [2.24, 2.45) is 0 Å². The number of aromatic nitrogens is 2. The van der Waals surface area contributed by atoms with Crippen LogP contribution >= 0.6 is 0 Å². The van der Waals surface area contributed by atoms with E-state index in [0.717, 1.165) is 0 Å². The molecule has 0 radical (unpaired) electrons. The number of aryl methyl sites for hydroxylation is 1. The normalized spacial score (nSPS) is 10.4. The average molecular weight is 235 g/mol. The molecule has 0 aliphatic heterocycles. The zero-order valence-corrected chi connectivity index (χ0v) is 8.93. The van der Waals surface area contributed by atoms with E-state index >= 15 is 0 Å². The highest BCUT2D eigenvalue weighted by molar-refractivity contribution is 5.98. The molecule has 17 heavy (non-hydrogen) atoms. The first-order chi connectivity index (χ1) is 8.08. The first-order valence-corrected chi connectivity index (χ1v) is 4.80. The predicted octanol–water partition coefficient (Wildman–Crippen LogP) is 0.346. The van der Waals surface area contributed by atoms with Crippen LogP contribution in [0.1, 0.15) is 16.1 Å². The Balaban J connectivity index is 2.26. The topological polar surface area (TPSA) is 105 Å². The number of carbonyl (C=O) groups is 2. The van der Waals surface area contributed by atoms with Crippen LogP contribution < -0.4 is 5.32 Å². The Bertz CT molecular complexity index is 590. The molecule has 0 aliphatic carbocycles. The minimum atomic E-state index is -1.10. The molecule has 88 valence electrons. The molecule has 2 aromatic heterocycles. The van der Waals surface area contributed by atoms with Crippen molar-refractivity contribution in [3.05, 3.63) is 23.5 Å². The maximum Gasteiger partial charge on any atom is 0.322 e. The van der Waals surface area contributed by atoms with Crippen LogP contribution in [-0.4, -0.2) is 33.7 Å². The molecule has 0 spiro atoms. The summed E-state index contributed by atoms with van der Waals surface area (Å²) in [6, 6.07) is 1.56. The van der Waals surface area contributed by atoms with Crippen molar-refractivity contribution in [3.8, 4) is 0 Å². The molecule has 7 heteroatoms. The third kappa shape index (κ3) is 2.22. The number of nitrogens with zero attached hydrogens (tertiary/aromatic N) is 2. The number of rotatable bonds is 3. The number of carbonyl (C=O) groups excluding carboxylic acids is 1. The Morgan fingerprint density at radius 2 is 2.29 bits per heavy atom. The van der Waals surface area contributed by atoms with E-state index < -0.39 is 18.4 Å². The Labute approximate surface area is 95.4 Å². The molecule has 2 aromatic rings. The van der Waals surface area contributed by atoms with Crippen LogP contribution in [0.25, 0.3) is 11.1 Å². The molecule has 7 nitrogen and oxygen atoms in total. The molecule has 0 bridgehead atoms.